The number of thiophene rings is 1. The van der Waals surface area contributed by atoms with Gasteiger partial charge >= 0.3 is 0 Å². The monoisotopic (exact) mass is 491 g/mol. The molecule has 8 nitrogen and oxygen atoms in total. The van der Waals surface area contributed by atoms with Crippen LogP contribution in [0, 0.1) is 0 Å². The summed E-state index contributed by atoms with van der Waals surface area (Å²) in [5, 5.41) is 18.8. The molecule has 1 fully saturated rings. The number of hydrogen-bond donors (Lipinski definition) is 3. The number of rotatable bonds is 6. The second-order valence-corrected chi connectivity index (χ2v) is 10.5. The van der Waals surface area contributed by atoms with E-state index in [1.165, 1.54) is 9.69 Å². The fourth-order valence-corrected chi connectivity index (χ4v) is 6.57. The van der Waals surface area contributed by atoms with Crippen LogP contribution >= 0.6 is 46.3 Å². The van der Waals surface area contributed by atoms with Gasteiger partial charge in [0.05, 0.1) is 33.1 Å². The van der Waals surface area contributed by atoms with Crippen molar-refractivity contribution in [1.29, 1.82) is 0 Å². The third-order valence-electron chi connectivity index (χ3n) is 4.32. The molecule has 0 amide bonds. The SMILES string of the molecule is O=S(=O)(c1scc(Nc2nsnc2Nc2cccc(Cl)c2Cl)c1O)N1CCCC1. The maximum absolute atomic E-state index is 12.7. The van der Waals surface area contributed by atoms with Gasteiger partial charge in [0.1, 0.15) is 0 Å². The zero-order valence-electron chi connectivity index (χ0n) is 14.7. The van der Waals surface area contributed by atoms with E-state index in [4.69, 9.17) is 23.2 Å². The molecule has 1 aliphatic rings. The van der Waals surface area contributed by atoms with Crippen LogP contribution in [0.3, 0.4) is 0 Å². The van der Waals surface area contributed by atoms with E-state index in [1.54, 1.807) is 18.2 Å². The van der Waals surface area contributed by atoms with Crippen molar-refractivity contribution in [3.8, 4) is 5.75 Å². The molecule has 1 aliphatic heterocycles. The first kappa shape index (κ1) is 20.6. The van der Waals surface area contributed by atoms with Gasteiger partial charge in [-0.2, -0.15) is 13.1 Å². The summed E-state index contributed by atoms with van der Waals surface area (Å²) < 4.78 is 35.1. The van der Waals surface area contributed by atoms with Gasteiger partial charge in [-0.25, -0.2) is 8.42 Å². The highest BCUT2D eigenvalue weighted by molar-refractivity contribution is 7.91. The lowest BCUT2D eigenvalue weighted by Crippen LogP contribution is -2.27. The van der Waals surface area contributed by atoms with E-state index in [2.05, 4.69) is 19.4 Å². The van der Waals surface area contributed by atoms with Crippen LogP contribution in [0.25, 0.3) is 0 Å². The zero-order chi connectivity index (χ0) is 20.6. The highest BCUT2D eigenvalue weighted by atomic mass is 35.5. The molecule has 3 heterocycles. The third kappa shape index (κ3) is 4.03. The largest absolute Gasteiger partial charge is 0.504 e. The third-order valence-corrected chi connectivity index (χ3v) is 9.05. The van der Waals surface area contributed by atoms with E-state index in [-0.39, 0.29) is 15.6 Å². The summed E-state index contributed by atoms with van der Waals surface area (Å²) in [7, 11) is -3.72. The Morgan fingerprint density at radius 3 is 2.41 bits per heavy atom. The summed E-state index contributed by atoms with van der Waals surface area (Å²) in [6, 6.07) is 5.14. The Labute approximate surface area is 185 Å². The van der Waals surface area contributed by atoms with Gasteiger partial charge in [0.25, 0.3) is 10.0 Å². The Morgan fingerprint density at radius 2 is 1.72 bits per heavy atom. The van der Waals surface area contributed by atoms with Crippen LogP contribution in [0.1, 0.15) is 12.8 Å². The van der Waals surface area contributed by atoms with Gasteiger partial charge in [-0.3, -0.25) is 0 Å². The highest BCUT2D eigenvalue weighted by Gasteiger charge is 2.32. The van der Waals surface area contributed by atoms with Crippen LogP contribution in [-0.2, 0) is 10.0 Å². The Hall–Kier alpha value is -1.63. The standard InChI is InChI=1S/C16H15Cl2N5O3S3/c17-9-4-3-5-10(12(9)18)19-14-15(22-28-21-14)20-11-8-27-16(13(11)24)29(25,26)23-6-1-2-7-23/h3-5,8,24H,1-2,6-7H2,(H,19,21)(H,20,22). The lowest BCUT2D eigenvalue weighted by atomic mass is 10.3. The van der Waals surface area contributed by atoms with Crippen LogP contribution in [0.2, 0.25) is 10.0 Å². The molecular formula is C16H15Cl2N5O3S3. The molecule has 3 N–H and O–H groups in total. The molecule has 0 unspecified atom stereocenters. The van der Waals surface area contributed by atoms with Crippen molar-refractivity contribution >= 4 is 79.3 Å². The van der Waals surface area contributed by atoms with Crippen molar-refractivity contribution < 1.29 is 13.5 Å². The van der Waals surface area contributed by atoms with Crippen LogP contribution in [-0.4, -0.2) is 39.7 Å². The maximum atomic E-state index is 12.7. The molecule has 1 saturated heterocycles. The normalized spacial score (nSPS) is 15.0. The average Bonchev–Trinajstić information content (AvgIpc) is 3.43. The topological polar surface area (TPSA) is 107 Å². The van der Waals surface area contributed by atoms with Gasteiger partial charge in [-0.1, -0.05) is 29.3 Å². The first-order valence-corrected chi connectivity index (χ1v) is 12.3. The highest BCUT2D eigenvalue weighted by Crippen LogP contribution is 2.42. The van der Waals surface area contributed by atoms with Crippen molar-refractivity contribution in [3.05, 3.63) is 33.6 Å². The van der Waals surface area contributed by atoms with Crippen LogP contribution in [0.5, 0.6) is 5.75 Å². The van der Waals surface area contributed by atoms with Crippen LogP contribution < -0.4 is 10.6 Å². The maximum Gasteiger partial charge on any atom is 0.256 e. The van der Waals surface area contributed by atoms with Crippen LogP contribution in [0.4, 0.5) is 23.0 Å². The summed E-state index contributed by atoms with van der Waals surface area (Å²) >= 11 is 14.1. The molecule has 1 aromatic carbocycles. The van der Waals surface area contributed by atoms with Gasteiger partial charge in [-0.05, 0) is 25.0 Å². The minimum Gasteiger partial charge on any atom is -0.504 e. The number of benzene rings is 1. The number of aromatic nitrogens is 2. The molecule has 29 heavy (non-hydrogen) atoms. The molecule has 154 valence electrons. The number of aromatic hydroxyl groups is 1. The summed E-state index contributed by atoms with van der Waals surface area (Å²) in [5.41, 5.74) is 0.780. The van der Waals surface area contributed by atoms with E-state index < -0.39 is 10.0 Å². The first-order chi connectivity index (χ1) is 13.9. The Kier molecular flexibility index (Phi) is 5.87. The number of nitrogens with one attached hydrogen (secondary N) is 2. The molecule has 13 heteroatoms. The second-order valence-electron chi connectivity index (χ2n) is 6.21. The predicted molar refractivity (Wildman–Crippen MR) is 117 cm³/mol. The van der Waals surface area contributed by atoms with Crippen molar-refractivity contribution in [2.75, 3.05) is 23.7 Å². The number of nitrogens with zero attached hydrogens (tertiary/aromatic N) is 3. The predicted octanol–water partition coefficient (Wildman–Crippen LogP) is 4.88. The van der Waals surface area contributed by atoms with Crippen molar-refractivity contribution in [1.82, 2.24) is 13.1 Å². The van der Waals surface area contributed by atoms with E-state index in [9.17, 15) is 13.5 Å². The number of halogens is 2. The number of hydrogen-bond acceptors (Lipinski definition) is 9. The van der Waals surface area contributed by atoms with Gasteiger partial charge in [-0.15, -0.1) is 11.3 Å². The summed E-state index contributed by atoms with van der Waals surface area (Å²) in [4.78, 5) is 0. The summed E-state index contributed by atoms with van der Waals surface area (Å²) in [6.07, 6.45) is 1.64. The van der Waals surface area contributed by atoms with Gasteiger partial charge in [0, 0.05) is 18.5 Å². The lowest BCUT2D eigenvalue weighted by Gasteiger charge is -2.14. The number of sulfonamides is 1. The number of anilines is 4. The molecule has 0 atom stereocenters. The molecule has 0 bridgehead atoms. The van der Waals surface area contributed by atoms with E-state index in [0.29, 0.717) is 40.5 Å². The summed E-state index contributed by atoms with van der Waals surface area (Å²) in [5.74, 6) is 0.361. The quantitative estimate of drug-likeness (QED) is 0.450. The smallest absolute Gasteiger partial charge is 0.256 e. The van der Waals surface area contributed by atoms with E-state index in [0.717, 1.165) is 35.9 Å². The summed E-state index contributed by atoms with van der Waals surface area (Å²) in [6.45, 7) is 0.930. The molecule has 4 rings (SSSR count). The molecule has 0 spiro atoms. The molecule has 2 aromatic heterocycles. The second kappa shape index (κ2) is 8.25. The molecule has 3 aromatic rings. The first-order valence-electron chi connectivity index (χ1n) is 8.49. The van der Waals surface area contributed by atoms with E-state index in [1.807, 2.05) is 0 Å². The molecule has 0 saturated carbocycles. The van der Waals surface area contributed by atoms with E-state index >= 15 is 0 Å². The minimum absolute atomic E-state index is 0.0857. The fourth-order valence-electron chi connectivity index (χ4n) is 2.86. The zero-order valence-corrected chi connectivity index (χ0v) is 18.7. The Morgan fingerprint density at radius 1 is 1.07 bits per heavy atom. The van der Waals surface area contributed by atoms with Crippen molar-refractivity contribution in [2.45, 2.75) is 17.1 Å². The minimum atomic E-state index is -3.72. The average molecular weight is 492 g/mol. The molecular weight excluding hydrogens is 477 g/mol. The van der Waals surface area contributed by atoms with Crippen molar-refractivity contribution in [3.63, 3.8) is 0 Å². The Balaban J connectivity index is 1.58. The van der Waals surface area contributed by atoms with Gasteiger partial charge in [0.15, 0.2) is 21.6 Å². The molecule has 0 radical (unpaired) electrons. The fraction of sp³-hybridized carbons (Fsp3) is 0.250. The van der Waals surface area contributed by atoms with Crippen molar-refractivity contribution in [2.24, 2.45) is 0 Å². The van der Waals surface area contributed by atoms with Gasteiger partial charge in [0.2, 0.25) is 0 Å². The van der Waals surface area contributed by atoms with Crippen LogP contribution in [0.15, 0.2) is 27.8 Å². The lowest BCUT2D eigenvalue weighted by molar-refractivity contribution is 0.451. The Bertz CT molecular complexity index is 1140. The van der Waals surface area contributed by atoms with Gasteiger partial charge < -0.3 is 15.7 Å². The molecule has 0 aliphatic carbocycles.